The highest BCUT2D eigenvalue weighted by atomic mass is 32.2. The minimum atomic E-state index is -3.65. The molecule has 8 nitrogen and oxygen atoms in total. The fourth-order valence-electron chi connectivity index (χ4n) is 4.05. The predicted octanol–water partition coefficient (Wildman–Crippen LogP) is 2.53. The summed E-state index contributed by atoms with van der Waals surface area (Å²) < 4.78 is 33.9. The van der Waals surface area contributed by atoms with Crippen LogP contribution in [0.25, 0.3) is 0 Å². The van der Waals surface area contributed by atoms with Crippen molar-refractivity contribution in [3.05, 3.63) is 42.2 Å². The Morgan fingerprint density at radius 2 is 1.71 bits per heavy atom. The lowest BCUT2D eigenvalue weighted by Gasteiger charge is -2.32. The van der Waals surface area contributed by atoms with Crippen molar-refractivity contribution in [2.45, 2.75) is 24.7 Å². The third-order valence-electron chi connectivity index (χ3n) is 6.09. The van der Waals surface area contributed by atoms with Gasteiger partial charge in [0.2, 0.25) is 10.0 Å². The van der Waals surface area contributed by atoms with Crippen molar-refractivity contribution in [3.63, 3.8) is 0 Å². The quantitative estimate of drug-likeness (QED) is 0.763. The van der Waals surface area contributed by atoms with Crippen LogP contribution in [0.3, 0.4) is 0 Å². The van der Waals surface area contributed by atoms with Gasteiger partial charge in [-0.05, 0) is 49.1 Å². The number of morpholine rings is 1. The van der Waals surface area contributed by atoms with E-state index < -0.39 is 10.0 Å². The lowest BCUT2D eigenvalue weighted by molar-refractivity contribution is 0.0730. The first-order chi connectivity index (χ1) is 14.8. The second-order valence-corrected chi connectivity index (χ2v) is 10.3. The molecule has 0 atom stereocenters. The van der Waals surface area contributed by atoms with Gasteiger partial charge in [-0.1, -0.05) is 6.92 Å². The lowest BCUT2D eigenvalue weighted by Crippen LogP contribution is -2.40. The molecule has 1 N–H and O–H groups in total. The summed E-state index contributed by atoms with van der Waals surface area (Å²) in [7, 11) is -1.97. The Hall–Kier alpha value is -2.36. The second-order valence-electron chi connectivity index (χ2n) is 8.36. The number of carbonyl (C=O) groups is 1. The van der Waals surface area contributed by atoms with Crippen molar-refractivity contribution >= 4 is 27.3 Å². The number of benzene rings is 1. The zero-order valence-corrected chi connectivity index (χ0v) is 18.9. The van der Waals surface area contributed by atoms with Gasteiger partial charge in [-0.3, -0.25) is 4.79 Å². The van der Waals surface area contributed by atoms with Gasteiger partial charge < -0.3 is 19.5 Å². The molecule has 0 bridgehead atoms. The average Bonchev–Trinajstić information content (AvgIpc) is 3.18. The van der Waals surface area contributed by atoms with Gasteiger partial charge in [-0.25, -0.2) is 8.42 Å². The fraction of sp³-hybridized carbons (Fsp3) is 0.500. The van der Waals surface area contributed by atoms with Gasteiger partial charge in [0.1, 0.15) is 10.6 Å². The highest BCUT2D eigenvalue weighted by Gasteiger charge is 2.29. The molecular formula is C22H30N4O4S. The van der Waals surface area contributed by atoms with Crippen molar-refractivity contribution < 1.29 is 17.9 Å². The number of amides is 1. The first kappa shape index (κ1) is 21.9. The Labute approximate surface area is 183 Å². The summed E-state index contributed by atoms with van der Waals surface area (Å²) in [6.45, 7) is 5.80. The Morgan fingerprint density at radius 1 is 1.06 bits per heavy atom. The van der Waals surface area contributed by atoms with Crippen molar-refractivity contribution in [1.82, 2.24) is 8.87 Å². The molecule has 168 valence electrons. The molecular weight excluding hydrogens is 416 g/mol. The summed E-state index contributed by atoms with van der Waals surface area (Å²) in [5, 5.41) is 2.87. The van der Waals surface area contributed by atoms with E-state index >= 15 is 0 Å². The van der Waals surface area contributed by atoms with Crippen LogP contribution in [-0.2, 0) is 21.8 Å². The third kappa shape index (κ3) is 4.78. The van der Waals surface area contributed by atoms with Crippen LogP contribution in [0.2, 0.25) is 0 Å². The Morgan fingerprint density at radius 3 is 2.35 bits per heavy atom. The monoisotopic (exact) mass is 446 g/mol. The first-order valence-electron chi connectivity index (χ1n) is 10.8. The number of anilines is 2. The number of sulfonamides is 1. The van der Waals surface area contributed by atoms with Crippen molar-refractivity contribution in [2.75, 3.05) is 49.6 Å². The van der Waals surface area contributed by atoms with E-state index in [1.807, 2.05) is 24.3 Å². The SMILES string of the molecule is CC1CCN(c2ccc(NC(=O)c3cc(S(=O)(=O)N4CCOCC4)cn3C)cc2)CC1. The molecule has 3 heterocycles. The summed E-state index contributed by atoms with van der Waals surface area (Å²) in [5.74, 6) is 0.433. The Kier molecular flexibility index (Phi) is 6.36. The minimum Gasteiger partial charge on any atom is -0.379 e. The number of aryl methyl sites for hydroxylation is 1. The van der Waals surface area contributed by atoms with E-state index in [9.17, 15) is 13.2 Å². The van der Waals surface area contributed by atoms with E-state index in [0.29, 0.717) is 37.7 Å². The number of aromatic nitrogens is 1. The summed E-state index contributed by atoms with van der Waals surface area (Å²) in [5.41, 5.74) is 2.13. The largest absolute Gasteiger partial charge is 0.379 e. The maximum atomic E-state index is 12.9. The van der Waals surface area contributed by atoms with Gasteiger partial charge in [-0.15, -0.1) is 0 Å². The number of hydrogen-bond donors (Lipinski definition) is 1. The maximum absolute atomic E-state index is 12.9. The molecule has 2 fully saturated rings. The molecule has 2 aromatic rings. The van der Waals surface area contributed by atoms with E-state index in [0.717, 1.165) is 24.7 Å². The average molecular weight is 447 g/mol. The standard InChI is InChI=1S/C22H30N4O4S/c1-17-7-9-25(10-8-17)19-5-3-18(4-6-19)23-22(27)21-15-20(16-24(21)2)31(28,29)26-11-13-30-14-12-26/h3-6,15-17H,7-14H2,1-2H3,(H,23,27). The van der Waals surface area contributed by atoms with Crippen LogP contribution >= 0.6 is 0 Å². The van der Waals surface area contributed by atoms with Gasteiger partial charge in [0, 0.05) is 50.8 Å². The van der Waals surface area contributed by atoms with E-state index in [1.165, 1.54) is 29.4 Å². The molecule has 2 saturated heterocycles. The molecule has 2 aliphatic rings. The number of rotatable bonds is 5. The van der Waals surface area contributed by atoms with Crippen LogP contribution in [-0.4, -0.2) is 62.6 Å². The highest BCUT2D eigenvalue weighted by molar-refractivity contribution is 7.89. The minimum absolute atomic E-state index is 0.122. The molecule has 1 aromatic carbocycles. The van der Waals surface area contributed by atoms with Gasteiger partial charge in [0.25, 0.3) is 5.91 Å². The van der Waals surface area contributed by atoms with E-state index in [-0.39, 0.29) is 10.8 Å². The summed E-state index contributed by atoms with van der Waals surface area (Å²) in [4.78, 5) is 15.3. The number of piperidine rings is 1. The van der Waals surface area contributed by atoms with Crippen LogP contribution in [0.4, 0.5) is 11.4 Å². The third-order valence-corrected chi connectivity index (χ3v) is 7.96. The highest BCUT2D eigenvalue weighted by Crippen LogP contribution is 2.25. The zero-order chi connectivity index (χ0) is 22.0. The van der Waals surface area contributed by atoms with Crippen LogP contribution < -0.4 is 10.2 Å². The summed E-state index contributed by atoms with van der Waals surface area (Å²) >= 11 is 0. The normalized spacial score (nSPS) is 18.8. The van der Waals surface area contributed by atoms with Gasteiger partial charge in [0.05, 0.1) is 13.2 Å². The maximum Gasteiger partial charge on any atom is 0.272 e. The first-order valence-corrected chi connectivity index (χ1v) is 12.2. The number of hydrogen-bond acceptors (Lipinski definition) is 5. The van der Waals surface area contributed by atoms with Crippen molar-refractivity contribution in [2.24, 2.45) is 13.0 Å². The van der Waals surface area contributed by atoms with Crippen molar-refractivity contribution in [3.8, 4) is 0 Å². The Bertz CT molecular complexity index is 1020. The molecule has 0 radical (unpaired) electrons. The van der Waals surface area contributed by atoms with Gasteiger partial charge in [0.15, 0.2) is 0 Å². The summed E-state index contributed by atoms with van der Waals surface area (Å²) in [6.07, 6.45) is 3.88. The smallest absolute Gasteiger partial charge is 0.272 e. The molecule has 0 unspecified atom stereocenters. The molecule has 2 aliphatic heterocycles. The van der Waals surface area contributed by atoms with Crippen LogP contribution in [0, 0.1) is 5.92 Å². The predicted molar refractivity (Wildman–Crippen MR) is 120 cm³/mol. The number of ether oxygens (including phenoxy) is 1. The molecule has 9 heteroatoms. The number of nitrogens with one attached hydrogen (secondary N) is 1. The molecule has 31 heavy (non-hydrogen) atoms. The Balaban J connectivity index is 1.44. The fourth-order valence-corrected chi connectivity index (χ4v) is 5.53. The molecule has 4 rings (SSSR count). The zero-order valence-electron chi connectivity index (χ0n) is 18.1. The lowest BCUT2D eigenvalue weighted by atomic mass is 9.99. The van der Waals surface area contributed by atoms with Crippen LogP contribution in [0.5, 0.6) is 0 Å². The second kappa shape index (κ2) is 9.02. The van der Waals surface area contributed by atoms with Crippen LogP contribution in [0.1, 0.15) is 30.3 Å². The van der Waals surface area contributed by atoms with E-state index in [4.69, 9.17) is 4.74 Å². The molecule has 1 aromatic heterocycles. The van der Waals surface area contributed by atoms with Gasteiger partial charge in [-0.2, -0.15) is 4.31 Å². The van der Waals surface area contributed by atoms with E-state index in [1.54, 1.807) is 11.6 Å². The molecule has 0 saturated carbocycles. The molecule has 0 aliphatic carbocycles. The molecule has 0 spiro atoms. The molecule has 1 amide bonds. The van der Waals surface area contributed by atoms with Crippen molar-refractivity contribution in [1.29, 1.82) is 0 Å². The number of nitrogens with zero attached hydrogens (tertiary/aromatic N) is 3. The van der Waals surface area contributed by atoms with Gasteiger partial charge >= 0.3 is 0 Å². The van der Waals surface area contributed by atoms with E-state index in [2.05, 4.69) is 17.1 Å². The summed E-state index contributed by atoms with van der Waals surface area (Å²) in [6, 6.07) is 9.25. The number of carbonyl (C=O) groups excluding carboxylic acids is 1. The van der Waals surface area contributed by atoms with Crippen LogP contribution in [0.15, 0.2) is 41.4 Å². The topological polar surface area (TPSA) is 83.9 Å².